The number of esters is 1. The van der Waals surface area contributed by atoms with Crippen LogP contribution in [0.15, 0.2) is 41.2 Å². The number of ether oxygens (including phenoxy) is 1. The Morgan fingerprint density at radius 1 is 1.19 bits per heavy atom. The number of aromatic nitrogens is 2. The lowest BCUT2D eigenvalue weighted by Gasteiger charge is -1.99. The minimum absolute atomic E-state index is 0.0745. The summed E-state index contributed by atoms with van der Waals surface area (Å²) in [7, 11) is 1.35. The molecule has 6 heteroatoms. The number of hydrogen-bond donors (Lipinski definition) is 0. The molecule has 0 bridgehead atoms. The van der Waals surface area contributed by atoms with Gasteiger partial charge in [-0.25, -0.2) is 14.2 Å². The lowest BCUT2D eigenvalue weighted by molar-refractivity contribution is 0.0600. The van der Waals surface area contributed by atoms with E-state index in [1.54, 1.807) is 28.7 Å². The van der Waals surface area contributed by atoms with Crippen LogP contribution < -0.4 is 10.1 Å². The number of methoxy groups -OCH3 is 1. The van der Waals surface area contributed by atoms with Crippen molar-refractivity contribution in [1.29, 1.82) is 0 Å². The van der Waals surface area contributed by atoms with Gasteiger partial charge >= 0.3 is 5.97 Å². The van der Waals surface area contributed by atoms with E-state index in [1.807, 2.05) is 26.0 Å². The molecule has 0 radical (unpaired) electrons. The first-order chi connectivity index (χ1) is 12.5. The van der Waals surface area contributed by atoms with Crippen molar-refractivity contribution in [2.75, 3.05) is 7.11 Å². The summed E-state index contributed by atoms with van der Waals surface area (Å²) in [6.07, 6.45) is 1.82. The molecule has 26 heavy (non-hydrogen) atoms. The third-order valence-corrected chi connectivity index (χ3v) is 5.28. The Morgan fingerprint density at radius 3 is 2.62 bits per heavy atom. The monoisotopic (exact) mass is 364 g/mol. The maximum absolute atomic E-state index is 12.9. The minimum Gasteiger partial charge on any atom is -0.465 e. The average Bonchev–Trinajstić information content (AvgIpc) is 3.12. The highest BCUT2D eigenvalue weighted by Crippen LogP contribution is 2.21. The van der Waals surface area contributed by atoms with Crippen molar-refractivity contribution in [1.82, 2.24) is 9.38 Å². The molecule has 0 unspecified atom stereocenters. The number of imidazole rings is 1. The van der Waals surface area contributed by atoms with Gasteiger partial charge in [-0.1, -0.05) is 29.5 Å². The third-order valence-electron chi connectivity index (χ3n) is 4.31. The van der Waals surface area contributed by atoms with Gasteiger partial charge in [-0.2, -0.15) is 0 Å². The summed E-state index contributed by atoms with van der Waals surface area (Å²) in [4.78, 5) is 29.7. The van der Waals surface area contributed by atoms with Gasteiger partial charge in [0.1, 0.15) is 0 Å². The van der Waals surface area contributed by atoms with Gasteiger partial charge in [-0.15, -0.1) is 0 Å². The van der Waals surface area contributed by atoms with Crippen molar-refractivity contribution >= 4 is 39.4 Å². The van der Waals surface area contributed by atoms with E-state index in [-0.39, 0.29) is 11.5 Å². The standard InChI is InChI=1S/C20H16N2O3S/c1-11-8-12(2)17-15(9-11)22-18(23)16(26-20(22)21-17)10-13-4-6-14(7-5-13)19(24)25-3/h4-10H,1-3H3. The predicted molar refractivity (Wildman–Crippen MR) is 103 cm³/mol. The quantitative estimate of drug-likeness (QED) is 0.513. The molecule has 4 rings (SSSR count). The molecule has 0 aliphatic carbocycles. The number of aryl methyl sites for hydroxylation is 2. The number of rotatable bonds is 2. The highest BCUT2D eigenvalue weighted by Gasteiger charge is 2.13. The Labute approximate surface area is 153 Å². The first kappa shape index (κ1) is 16.5. The number of nitrogens with zero attached hydrogens (tertiary/aromatic N) is 2. The first-order valence-corrected chi connectivity index (χ1v) is 8.92. The zero-order valence-electron chi connectivity index (χ0n) is 14.6. The summed E-state index contributed by atoms with van der Waals surface area (Å²) < 4.78 is 6.98. The highest BCUT2D eigenvalue weighted by atomic mass is 32.1. The first-order valence-electron chi connectivity index (χ1n) is 8.10. The molecule has 0 N–H and O–H groups in total. The fourth-order valence-corrected chi connectivity index (χ4v) is 4.07. The average molecular weight is 364 g/mol. The zero-order chi connectivity index (χ0) is 18.4. The van der Waals surface area contributed by atoms with Crippen LogP contribution in [0, 0.1) is 13.8 Å². The Hall–Kier alpha value is -2.99. The number of hydrogen-bond acceptors (Lipinski definition) is 5. The van der Waals surface area contributed by atoms with E-state index in [1.165, 1.54) is 18.4 Å². The van der Waals surface area contributed by atoms with E-state index in [0.717, 1.165) is 27.7 Å². The summed E-state index contributed by atoms with van der Waals surface area (Å²) in [5, 5.41) is 0. The SMILES string of the molecule is COC(=O)c1ccc(C=c2sc3nc4c(C)cc(C)cc4n3c2=O)cc1. The number of carbonyl (C=O) groups excluding carboxylic acids is 1. The van der Waals surface area contributed by atoms with Gasteiger partial charge in [0.05, 0.1) is 28.2 Å². The maximum Gasteiger partial charge on any atom is 0.337 e. The molecular formula is C20H16N2O3S. The van der Waals surface area contributed by atoms with Crippen molar-refractivity contribution in [3.05, 3.63) is 73.5 Å². The molecule has 0 amide bonds. The molecule has 5 nitrogen and oxygen atoms in total. The molecule has 0 aliphatic heterocycles. The van der Waals surface area contributed by atoms with Gasteiger partial charge in [0.15, 0.2) is 4.96 Å². The van der Waals surface area contributed by atoms with Crippen LogP contribution in [0.5, 0.6) is 0 Å². The third kappa shape index (κ3) is 2.59. The van der Waals surface area contributed by atoms with Crippen LogP contribution >= 0.6 is 11.3 Å². The number of carbonyl (C=O) groups is 1. The molecule has 0 saturated heterocycles. The molecule has 2 aromatic heterocycles. The number of thiazole rings is 1. The Bertz CT molecular complexity index is 1270. The molecule has 2 heterocycles. The summed E-state index contributed by atoms with van der Waals surface area (Å²) >= 11 is 1.37. The fraction of sp³-hybridized carbons (Fsp3) is 0.150. The van der Waals surface area contributed by atoms with E-state index in [9.17, 15) is 9.59 Å². The minimum atomic E-state index is -0.382. The van der Waals surface area contributed by atoms with Crippen LogP contribution in [0.2, 0.25) is 0 Å². The summed E-state index contributed by atoms with van der Waals surface area (Å²) in [6, 6.07) is 11.0. The van der Waals surface area contributed by atoms with Crippen molar-refractivity contribution in [2.24, 2.45) is 0 Å². The van der Waals surface area contributed by atoms with Gasteiger partial charge in [-0.3, -0.25) is 4.79 Å². The van der Waals surface area contributed by atoms with E-state index in [0.29, 0.717) is 15.1 Å². The number of fused-ring (bicyclic) bond motifs is 3. The molecule has 130 valence electrons. The second kappa shape index (κ2) is 6.07. The molecule has 0 spiro atoms. The normalized spacial score (nSPS) is 12.2. The van der Waals surface area contributed by atoms with E-state index in [4.69, 9.17) is 4.74 Å². The van der Waals surface area contributed by atoms with Crippen molar-refractivity contribution in [3.8, 4) is 0 Å². The lowest BCUT2D eigenvalue weighted by Crippen LogP contribution is -2.22. The fourth-order valence-electron chi connectivity index (χ4n) is 3.09. The largest absolute Gasteiger partial charge is 0.465 e. The topological polar surface area (TPSA) is 60.7 Å². The van der Waals surface area contributed by atoms with Gasteiger partial charge in [-0.05, 0) is 54.8 Å². The maximum atomic E-state index is 12.9. The summed E-state index contributed by atoms with van der Waals surface area (Å²) in [5.74, 6) is -0.382. The second-order valence-electron chi connectivity index (χ2n) is 6.21. The molecule has 0 aliphatic rings. The Kier molecular flexibility index (Phi) is 3.85. The van der Waals surface area contributed by atoms with Crippen LogP contribution in [0.3, 0.4) is 0 Å². The van der Waals surface area contributed by atoms with Crippen LogP contribution in [0.1, 0.15) is 27.0 Å². The van der Waals surface area contributed by atoms with Crippen LogP contribution in [-0.4, -0.2) is 22.5 Å². The van der Waals surface area contributed by atoms with Gasteiger partial charge in [0.2, 0.25) is 0 Å². The highest BCUT2D eigenvalue weighted by molar-refractivity contribution is 7.15. The van der Waals surface area contributed by atoms with Crippen molar-refractivity contribution in [3.63, 3.8) is 0 Å². The van der Waals surface area contributed by atoms with E-state index in [2.05, 4.69) is 11.1 Å². The Morgan fingerprint density at radius 2 is 1.92 bits per heavy atom. The molecule has 2 aromatic carbocycles. The number of benzene rings is 2. The van der Waals surface area contributed by atoms with Crippen molar-refractivity contribution < 1.29 is 9.53 Å². The predicted octanol–water partition coefficient (Wildman–Crippen LogP) is 2.86. The van der Waals surface area contributed by atoms with Gasteiger partial charge < -0.3 is 4.74 Å². The molecule has 0 fully saturated rings. The molecule has 0 saturated carbocycles. The van der Waals surface area contributed by atoms with Crippen LogP contribution in [-0.2, 0) is 4.74 Å². The van der Waals surface area contributed by atoms with E-state index < -0.39 is 0 Å². The van der Waals surface area contributed by atoms with Gasteiger partial charge in [0, 0.05) is 0 Å². The van der Waals surface area contributed by atoms with Gasteiger partial charge in [0.25, 0.3) is 5.56 Å². The summed E-state index contributed by atoms with van der Waals surface area (Å²) in [6.45, 7) is 4.02. The molecule has 0 atom stereocenters. The van der Waals surface area contributed by atoms with Crippen LogP contribution in [0.25, 0.3) is 22.1 Å². The smallest absolute Gasteiger partial charge is 0.337 e. The second-order valence-corrected chi connectivity index (χ2v) is 7.22. The molecular weight excluding hydrogens is 348 g/mol. The Balaban J connectivity index is 1.87. The van der Waals surface area contributed by atoms with Crippen LogP contribution in [0.4, 0.5) is 0 Å². The van der Waals surface area contributed by atoms with E-state index >= 15 is 0 Å². The summed E-state index contributed by atoms with van der Waals surface area (Å²) in [5.41, 5.74) is 5.13. The van der Waals surface area contributed by atoms with Crippen molar-refractivity contribution in [2.45, 2.75) is 13.8 Å². The lowest BCUT2D eigenvalue weighted by atomic mass is 10.1. The molecule has 4 aromatic rings. The zero-order valence-corrected chi connectivity index (χ0v) is 15.4.